The number of hydrogen-bond acceptors (Lipinski definition) is 22. The van der Waals surface area contributed by atoms with E-state index in [1.807, 2.05) is 112 Å². The van der Waals surface area contributed by atoms with Crippen molar-refractivity contribution in [1.29, 1.82) is 0 Å². The van der Waals surface area contributed by atoms with E-state index < -0.39 is 0 Å². The normalized spacial score (nSPS) is 12.8. The highest BCUT2D eigenvalue weighted by atomic mass is 35.5. The molecule has 12 aromatic rings. The molecule has 0 radical (unpaired) electrons. The van der Waals surface area contributed by atoms with E-state index in [9.17, 15) is 19.2 Å². The minimum absolute atomic E-state index is 0. The van der Waals surface area contributed by atoms with Crippen molar-refractivity contribution in [1.82, 2.24) is 70.4 Å². The highest BCUT2D eigenvalue weighted by Crippen LogP contribution is 2.35. The van der Waals surface area contributed by atoms with E-state index >= 15 is 0 Å². The Balaban J connectivity index is 0.000000293. The third-order valence-electron chi connectivity index (χ3n) is 16.5. The SMILES string of the molecule is CCc1cc(Nc2cc(N3CCC3)nc(Sc3ccc(NC(=O)c4ccccc4Cl)cc3)n2)n[nH]1.Cc1cc(Nc2cc(C(=O)N3CCC3)nc(Sc3ccc(NC(=O)c4ccccc4Cl)cc3)n2)n[nH]1.Cc1cc(Nc2cc(N3CCC3)nc(Sc3ccc(NC(=O)c4cccnc4C)cc3)n2)n[nH]1.[HH].[HH].[HH].[HH].[HH].[HH].[HH].[HH]. The van der Waals surface area contributed by atoms with Crippen LogP contribution < -0.4 is 41.7 Å². The van der Waals surface area contributed by atoms with Crippen LogP contribution >= 0.6 is 58.5 Å². The van der Waals surface area contributed by atoms with Gasteiger partial charge in [0.05, 0.1) is 26.7 Å². The van der Waals surface area contributed by atoms with Crippen molar-refractivity contribution < 1.29 is 30.6 Å². The monoisotopic (exact) mass is 1510 g/mol. The van der Waals surface area contributed by atoms with E-state index in [1.165, 1.54) is 41.7 Å². The summed E-state index contributed by atoms with van der Waals surface area (Å²) in [6, 6.07) is 51.2. The molecule has 10 heterocycles. The molecule has 4 amide bonds. The number of aryl methyl sites for hydroxylation is 4. The zero-order chi connectivity index (χ0) is 72.8. The maximum Gasteiger partial charge on any atom is 0.272 e. The topological polar surface area (TPSA) is 326 Å². The minimum Gasteiger partial charge on any atom is -0.356 e. The molecule has 548 valence electrons. The van der Waals surface area contributed by atoms with E-state index in [0.717, 1.165) is 108 Å². The van der Waals surface area contributed by atoms with Crippen LogP contribution in [0.3, 0.4) is 0 Å². The Bertz CT molecular complexity index is 5110. The average molecular weight is 1510 g/mol. The third kappa shape index (κ3) is 19.3. The summed E-state index contributed by atoms with van der Waals surface area (Å²) in [5, 5.41) is 42.4. The molecule has 31 heteroatoms. The van der Waals surface area contributed by atoms with Crippen LogP contribution in [0.5, 0.6) is 0 Å². The van der Waals surface area contributed by atoms with Gasteiger partial charge in [-0.05, 0) is 191 Å². The summed E-state index contributed by atoms with van der Waals surface area (Å²) < 4.78 is 0. The first-order valence-corrected chi connectivity index (χ1v) is 36.8. The maximum atomic E-state index is 12.9. The molecule has 3 aliphatic rings. The standard InChI is InChI=1S/C25H22ClN7O2S.C25H24ClN7OS.C24H24N8OS.8H2/c1-15-13-22(32-31-15)29-21-14-20(24(35)33-11-4-12-33)28-25(30-21)36-17-9-7-16(8-10-17)27-23(34)18-5-2-3-6-19(18)26;1-2-16-14-22(32-31-16)28-21-15-23(33-12-5-13-33)30-25(29-21)35-18-10-8-17(9-11-18)27-24(34)19-6-3-4-7-20(19)26;1-15-13-21(31-30-15)27-20-14-22(32-11-4-12-32)29-24(28-20)34-18-8-6-17(7-9-18)26-23(33)19-5-3-10-25-16(19)2;;;;;;;;/h2-3,5-10,13-14H,4,11-12H2,1H3,(H,27,34)(H2,28,29,30,31,32);3-4,6-11,14-15H,2,5,12-13H2,1H3,(H,27,34)(H2,28,29,30,31,32);3,5-10,13-14H,4,11-12H2,1-2H3,(H,26,33)(H2,27,28,29,30,31);8*1H. The zero-order valence-electron chi connectivity index (χ0n) is 57.2. The van der Waals surface area contributed by atoms with Gasteiger partial charge in [-0.1, -0.05) is 54.4 Å². The molecule has 0 bridgehead atoms. The number of anilines is 11. The molecular weight excluding hydrogens is 1430 g/mol. The molecule has 0 atom stereocenters. The highest BCUT2D eigenvalue weighted by Gasteiger charge is 2.26. The summed E-state index contributed by atoms with van der Waals surface area (Å²) in [4.78, 5) is 91.6. The van der Waals surface area contributed by atoms with E-state index in [1.54, 1.807) is 90.0 Å². The Morgan fingerprint density at radius 3 is 1.23 bits per heavy atom. The fourth-order valence-electron chi connectivity index (χ4n) is 10.5. The number of hydrogen-bond donors (Lipinski definition) is 9. The summed E-state index contributed by atoms with van der Waals surface area (Å²) >= 11 is 16.5. The van der Waals surface area contributed by atoms with E-state index in [-0.39, 0.29) is 35.0 Å². The number of carbonyl (C=O) groups excluding carboxylic acids is 4. The first-order chi connectivity index (χ1) is 51.0. The molecule has 7 aromatic heterocycles. The lowest BCUT2D eigenvalue weighted by Crippen LogP contribution is -2.42. The number of nitrogens with zero attached hydrogens (tertiary/aromatic N) is 13. The number of nitrogens with one attached hydrogen (secondary N) is 9. The van der Waals surface area contributed by atoms with Crippen LogP contribution in [-0.2, 0) is 6.42 Å². The molecule has 105 heavy (non-hydrogen) atoms. The van der Waals surface area contributed by atoms with Crippen molar-refractivity contribution in [3.63, 3.8) is 0 Å². The summed E-state index contributed by atoms with van der Waals surface area (Å²) in [7, 11) is 0. The van der Waals surface area contributed by atoms with Gasteiger partial charge in [-0.15, -0.1) is 0 Å². The number of aromatic nitrogens is 13. The van der Waals surface area contributed by atoms with Gasteiger partial charge in [0.2, 0.25) is 0 Å². The van der Waals surface area contributed by atoms with Crippen LogP contribution in [0.1, 0.15) is 102 Å². The van der Waals surface area contributed by atoms with Gasteiger partial charge in [-0.3, -0.25) is 39.5 Å². The fraction of sp³-hybridized carbons (Fsp3) is 0.189. The number of H-pyrrole nitrogens is 3. The van der Waals surface area contributed by atoms with Crippen LogP contribution in [-0.4, -0.2) is 133 Å². The first kappa shape index (κ1) is 72.0. The van der Waals surface area contributed by atoms with Gasteiger partial charge in [0.25, 0.3) is 23.6 Å². The van der Waals surface area contributed by atoms with Crippen molar-refractivity contribution >= 4 is 146 Å². The van der Waals surface area contributed by atoms with Crippen LogP contribution in [0.15, 0.2) is 206 Å². The number of likely N-dealkylation sites (tertiary alicyclic amines) is 1. The molecule has 26 nitrogen and oxygen atoms in total. The van der Waals surface area contributed by atoms with Gasteiger partial charge < -0.3 is 46.6 Å². The number of pyridine rings is 1. The first-order valence-electron chi connectivity index (χ1n) is 33.6. The number of carbonyl (C=O) groups is 4. The molecule has 0 unspecified atom stereocenters. The van der Waals surface area contributed by atoms with Gasteiger partial charge in [0.1, 0.15) is 34.8 Å². The lowest BCUT2D eigenvalue weighted by molar-refractivity contribution is 0.0644. The van der Waals surface area contributed by atoms with Gasteiger partial charge in [-0.2, -0.15) is 15.3 Å². The molecule has 0 spiro atoms. The Morgan fingerprint density at radius 2 is 0.848 bits per heavy atom. The third-order valence-corrected chi connectivity index (χ3v) is 19.7. The molecule has 3 saturated heterocycles. The van der Waals surface area contributed by atoms with E-state index in [4.69, 9.17) is 38.2 Å². The lowest BCUT2D eigenvalue weighted by Gasteiger charge is -2.32. The number of amides is 4. The van der Waals surface area contributed by atoms with Gasteiger partial charge >= 0.3 is 0 Å². The number of halogens is 2. The Hall–Kier alpha value is -11.4. The molecule has 0 saturated carbocycles. The Morgan fingerprint density at radius 1 is 0.448 bits per heavy atom. The van der Waals surface area contributed by atoms with Crippen LogP contribution in [0.2, 0.25) is 10.0 Å². The van der Waals surface area contributed by atoms with Crippen LogP contribution in [0.4, 0.5) is 63.6 Å². The number of benzene rings is 5. The Labute approximate surface area is 638 Å². The average Bonchev–Trinajstić information content (AvgIpc) is 1.54. The second-order valence-corrected chi connectivity index (χ2v) is 28.2. The molecule has 5 aromatic carbocycles. The van der Waals surface area contributed by atoms with Crippen molar-refractivity contribution in [2.45, 2.75) is 83.5 Å². The van der Waals surface area contributed by atoms with E-state index in [2.05, 4.69) is 99.2 Å². The van der Waals surface area contributed by atoms with Crippen molar-refractivity contribution in [3.8, 4) is 0 Å². The van der Waals surface area contributed by atoms with Crippen molar-refractivity contribution in [2.24, 2.45) is 0 Å². The largest absolute Gasteiger partial charge is 0.356 e. The van der Waals surface area contributed by atoms with Crippen molar-refractivity contribution in [3.05, 3.63) is 231 Å². The van der Waals surface area contributed by atoms with Crippen LogP contribution in [0, 0.1) is 20.8 Å². The Kier molecular flexibility index (Phi) is 23.2. The molecule has 9 N–H and O–H groups in total. The zero-order valence-corrected chi connectivity index (χ0v) is 61.2. The fourth-order valence-corrected chi connectivity index (χ4v) is 13.2. The summed E-state index contributed by atoms with van der Waals surface area (Å²) in [5.41, 5.74) is 7.37. The molecule has 15 rings (SSSR count). The summed E-state index contributed by atoms with van der Waals surface area (Å²) in [6.45, 7) is 13.2. The van der Waals surface area contributed by atoms with Crippen molar-refractivity contribution in [2.75, 3.05) is 81.0 Å². The second kappa shape index (κ2) is 33.8. The quantitative estimate of drug-likeness (QED) is 0.0285. The second-order valence-electron chi connectivity index (χ2n) is 24.3. The highest BCUT2D eigenvalue weighted by molar-refractivity contribution is 7.99. The van der Waals surface area contributed by atoms with Gasteiger partial charge in [-0.25, -0.2) is 29.9 Å². The predicted octanol–water partition coefficient (Wildman–Crippen LogP) is 17.5. The molecule has 3 aliphatic heterocycles. The summed E-state index contributed by atoms with van der Waals surface area (Å²) in [6.07, 6.45) is 5.88. The molecule has 0 aliphatic carbocycles. The maximum absolute atomic E-state index is 12.9. The number of rotatable bonds is 22. The van der Waals surface area contributed by atoms with Gasteiger partial charge in [0.15, 0.2) is 32.9 Å². The van der Waals surface area contributed by atoms with Gasteiger partial charge in [0, 0.05) is 148 Å². The lowest BCUT2D eigenvalue weighted by atomic mass is 10.2. The predicted molar refractivity (Wildman–Crippen MR) is 429 cm³/mol. The van der Waals surface area contributed by atoms with Crippen LogP contribution in [0.25, 0.3) is 0 Å². The number of aromatic amines is 3. The summed E-state index contributed by atoms with van der Waals surface area (Å²) in [5.74, 6) is 4.87. The molecular formula is C74H86Cl2N22O4S3. The smallest absolute Gasteiger partial charge is 0.272 e. The van der Waals surface area contributed by atoms with E-state index in [0.29, 0.717) is 99.7 Å². The minimum atomic E-state index is -0.286. The molecule has 3 fully saturated rings.